The third-order valence-corrected chi connectivity index (χ3v) is 7.16. The summed E-state index contributed by atoms with van der Waals surface area (Å²) in [5.41, 5.74) is 0.828. The SMILES string of the molecule is CCCNC(=O)[C@@H](C)N(Cc1cccc(OC)c1)C(=O)CN(c1ccc(F)cc1)S(=O)(=O)N(C)C. The zero-order chi connectivity index (χ0) is 26.2. The number of carbonyl (C=O) groups is 2. The van der Waals surface area contributed by atoms with E-state index in [9.17, 15) is 22.4 Å². The van der Waals surface area contributed by atoms with Crippen LogP contribution in [0, 0.1) is 5.82 Å². The van der Waals surface area contributed by atoms with E-state index in [2.05, 4.69) is 5.32 Å². The fourth-order valence-corrected chi connectivity index (χ4v) is 4.33. The number of hydrogen-bond donors (Lipinski definition) is 1. The number of amides is 2. The standard InChI is InChI=1S/C24H33FN4O5S/c1-6-14-26-24(31)18(2)28(16-19-8-7-9-22(15-19)34-5)23(30)17-29(35(32,33)27(3)4)21-12-10-20(25)11-13-21/h7-13,15,18H,6,14,16-17H2,1-5H3,(H,26,31)/t18-/m1/s1. The first-order valence-corrected chi connectivity index (χ1v) is 12.6. The second-order valence-corrected chi connectivity index (χ2v) is 10.2. The number of ether oxygens (including phenoxy) is 1. The van der Waals surface area contributed by atoms with Crippen LogP contribution in [0.3, 0.4) is 0 Å². The minimum Gasteiger partial charge on any atom is -0.497 e. The molecule has 0 aliphatic rings. The summed E-state index contributed by atoms with van der Waals surface area (Å²) < 4.78 is 46.7. The van der Waals surface area contributed by atoms with Crippen LogP contribution in [-0.4, -0.2) is 69.8 Å². The van der Waals surface area contributed by atoms with Gasteiger partial charge >= 0.3 is 10.2 Å². The number of nitrogens with one attached hydrogen (secondary N) is 1. The molecule has 2 aromatic rings. The van der Waals surface area contributed by atoms with Gasteiger partial charge in [0.25, 0.3) is 0 Å². The first-order chi connectivity index (χ1) is 16.5. The number of methoxy groups -OCH3 is 1. The maximum absolute atomic E-state index is 13.6. The Morgan fingerprint density at radius 3 is 2.34 bits per heavy atom. The van der Waals surface area contributed by atoms with Crippen molar-refractivity contribution in [1.29, 1.82) is 0 Å². The molecule has 0 aromatic heterocycles. The normalized spacial score (nSPS) is 12.2. The van der Waals surface area contributed by atoms with Gasteiger partial charge in [-0.1, -0.05) is 19.1 Å². The highest BCUT2D eigenvalue weighted by molar-refractivity contribution is 7.90. The first kappa shape index (κ1) is 28.1. The molecule has 0 spiro atoms. The van der Waals surface area contributed by atoms with Crippen molar-refractivity contribution in [3.63, 3.8) is 0 Å². The Morgan fingerprint density at radius 2 is 1.77 bits per heavy atom. The average molecular weight is 509 g/mol. The zero-order valence-corrected chi connectivity index (χ0v) is 21.5. The second kappa shape index (κ2) is 12.5. The molecule has 0 fully saturated rings. The van der Waals surface area contributed by atoms with E-state index in [0.29, 0.717) is 17.9 Å². The maximum Gasteiger partial charge on any atom is 0.304 e. The van der Waals surface area contributed by atoms with Gasteiger partial charge in [-0.3, -0.25) is 9.59 Å². The summed E-state index contributed by atoms with van der Waals surface area (Å²) in [6.07, 6.45) is 0.724. The molecule has 2 aromatic carbocycles. The Balaban J connectivity index is 2.44. The Morgan fingerprint density at radius 1 is 1.11 bits per heavy atom. The van der Waals surface area contributed by atoms with E-state index in [1.54, 1.807) is 31.2 Å². The monoisotopic (exact) mass is 508 g/mol. The van der Waals surface area contributed by atoms with E-state index >= 15 is 0 Å². The van der Waals surface area contributed by atoms with Crippen molar-refractivity contribution in [2.24, 2.45) is 0 Å². The van der Waals surface area contributed by atoms with Crippen LogP contribution in [0.25, 0.3) is 0 Å². The van der Waals surface area contributed by atoms with Crippen molar-refractivity contribution in [3.05, 3.63) is 59.9 Å². The number of halogens is 1. The average Bonchev–Trinajstić information content (AvgIpc) is 2.84. The van der Waals surface area contributed by atoms with E-state index < -0.39 is 34.5 Å². The molecule has 9 nitrogen and oxygen atoms in total. The van der Waals surface area contributed by atoms with Gasteiger partial charge in [-0.05, 0) is 55.3 Å². The predicted molar refractivity (Wildman–Crippen MR) is 133 cm³/mol. The fraction of sp³-hybridized carbons (Fsp3) is 0.417. The Labute approximate surface area is 206 Å². The fourth-order valence-electron chi connectivity index (χ4n) is 3.27. The lowest BCUT2D eigenvalue weighted by atomic mass is 10.1. The van der Waals surface area contributed by atoms with E-state index in [0.717, 1.165) is 27.2 Å². The summed E-state index contributed by atoms with van der Waals surface area (Å²) >= 11 is 0. The number of rotatable bonds is 12. The summed E-state index contributed by atoms with van der Waals surface area (Å²) in [6.45, 7) is 3.42. The van der Waals surface area contributed by atoms with E-state index in [-0.39, 0.29) is 18.1 Å². The Kier molecular flexibility index (Phi) is 10.0. The summed E-state index contributed by atoms with van der Waals surface area (Å²) in [4.78, 5) is 27.6. The molecule has 2 amide bonds. The number of nitrogens with zero attached hydrogens (tertiary/aromatic N) is 3. The molecule has 1 N–H and O–H groups in total. The predicted octanol–water partition coefficient (Wildman–Crippen LogP) is 2.39. The van der Waals surface area contributed by atoms with Gasteiger partial charge in [0, 0.05) is 27.2 Å². The Bertz CT molecular complexity index is 1110. The van der Waals surface area contributed by atoms with Gasteiger partial charge in [0.05, 0.1) is 12.8 Å². The highest BCUT2D eigenvalue weighted by Crippen LogP contribution is 2.22. The van der Waals surface area contributed by atoms with E-state index in [1.807, 2.05) is 6.92 Å². The molecule has 0 aliphatic heterocycles. The van der Waals surface area contributed by atoms with Crippen LogP contribution in [-0.2, 0) is 26.3 Å². The van der Waals surface area contributed by atoms with Crippen LogP contribution in [0.2, 0.25) is 0 Å². The number of benzene rings is 2. The second-order valence-electron chi connectivity index (χ2n) is 8.11. The molecule has 1 atom stereocenters. The maximum atomic E-state index is 13.6. The van der Waals surface area contributed by atoms with Crippen LogP contribution in [0.1, 0.15) is 25.8 Å². The number of hydrogen-bond acceptors (Lipinski definition) is 5. The molecular weight excluding hydrogens is 475 g/mol. The minimum atomic E-state index is -4.10. The summed E-state index contributed by atoms with van der Waals surface area (Å²) in [5.74, 6) is -0.905. The van der Waals surface area contributed by atoms with Gasteiger partial charge in [0.1, 0.15) is 24.2 Å². The largest absolute Gasteiger partial charge is 0.497 e. The van der Waals surface area contributed by atoms with Crippen molar-refractivity contribution < 1.29 is 27.1 Å². The van der Waals surface area contributed by atoms with Gasteiger partial charge < -0.3 is 15.0 Å². The molecule has 0 bridgehead atoms. The number of carbonyl (C=O) groups excluding carboxylic acids is 2. The van der Waals surface area contributed by atoms with Gasteiger partial charge in [0.2, 0.25) is 11.8 Å². The summed E-state index contributed by atoms with van der Waals surface area (Å²) in [6, 6.07) is 11.0. The van der Waals surface area contributed by atoms with Crippen LogP contribution in [0.4, 0.5) is 10.1 Å². The molecule has 0 heterocycles. The molecule has 0 saturated carbocycles. The van der Waals surface area contributed by atoms with Gasteiger partial charge in [-0.25, -0.2) is 8.70 Å². The lowest BCUT2D eigenvalue weighted by Crippen LogP contribution is -2.52. The van der Waals surface area contributed by atoms with Gasteiger partial charge in [-0.15, -0.1) is 0 Å². The molecule has 35 heavy (non-hydrogen) atoms. The summed E-state index contributed by atoms with van der Waals surface area (Å²) in [7, 11) is 0.0993. The molecule has 0 radical (unpaired) electrons. The van der Waals surface area contributed by atoms with Gasteiger partial charge in [-0.2, -0.15) is 12.7 Å². The minimum absolute atomic E-state index is 0.0516. The van der Waals surface area contributed by atoms with E-state index in [1.165, 1.54) is 38.2 Å². The van der Waals surface area contributed by atoms with Crippen molar-refractivity contribution in [2.75, 3.05) is 38.6 Å². The summed E-state index contributed by atoms with van der Waals surface area (Å²) in [5, 5.41) is 2.78. The highest BCUT2D eigenvalue weighted by atomic mass is 32.2. The number of anilines is 1. The molecule has 2 rings (SSSR count). The third-order valence-electron chi connectivity index (χ3n) is 5.34. The van der Waals surface area contributed by atoms with Crippen LogP contribution < -0.4 is 14.4 Å². The highest BCUT2D eigenvalue weighted by Gasteiger charge is 2.32. The van der Waals surface area contributed by atoms with Gasteiger partial charge in [0.15, 0.2) is 0 Å². The van der Waals surface area contributed by atoms with Crippen molar-refractivity contribution in [2.45, 2.75) is 32.9 Å². The lowest BCUT2D eigenvalue weighted by Gasteiger charge is -2.32. The van der Waals surface area contributed by atoms with Crippen molar-refractivity contribution in [1.82, 2.24) is 14.5 Å². The van der Waals surface area contributed by atoms with Crippen molar-refractivity contribution in [3.8, 4) is 5.75 Å². The smallest absolute Gasteiger partial charge is 0.304 e. The Hall–Kier alpha value is -3.18. The first-order valence-electron chi connectivity index (χ1n) is 11.2. The molecule has 0 saturated heterocycles. The third kappa shape index (κ3) is 7.40. The molecule has 0 aliphatic carbocycles. The van der Waals surface area contributed by atoms with Crippen molar-refractivity contribution >= 4 is 27.7 Å². The van der Waals surface area contributed by atoms with Crippen LogP contribution in [0.5, 0.6) is 5.75 Å². The lowest BCUT2D eigenvalue weighted by molar-refractivity contribution is -0.139. The zero-order valence-electron chi connectivity index (χ0n) is 20.7. The topological polar surface area (TPSA) is 99.3 Å². The molecule has 11 heteroatoms. The quantitative estimate of drug-likeness (QED) is 0.475. The molecular formula is C24H33FN4O5S. The van der Waals surface area contributed by atoms with Crippen LogP contribution >= 0.6 is 0 Å². The van der Waals surface area contributed by atoms with E-state index in [4.69, 9.17) is 4.74 Å². The molecule has 0 unspecified atom stereocenters. The van der Waals surface area contributed by atoms with Crippen LogP contribution in [0.15, 0.2) is 48.5 Å². The molecule has 192 valence electrons.